The molecule has 2 N–H and O–H groups in total. The van der Waals surface area contributed by atoms with Crippen molar-refractivity contribution in [1.82, 2.24) is 0 Å². The molecule has 0 bridgehead atoms. The lowest BCUT2D eigenvalue weighted by molar-refractivity contribution is 0.404. The van der Waals surface area contributed by atoms with Crippen molar-refractivity contribution in [3.05, 3.63) is 34.4 Å². The molecular formula is C17H18O5. The second-order valence-electron chi connectivity index (χ2n) is 5.49. The molecule has 22 heavy (non-hydrogen) atoms. The summed E-state index contributed by atoms with van der Waals surface area (Å²) in [5.41, 5.74) is 0.286. The van der Waals surface area contributed by atoms with Crippen LogP contribution in [0.15, 0.2) is 31.8 Å². The zero-order chi connectivity index (χ0) is 15.7. The van der Waals surface area contributed by atoms with Crippen LogP contribution in [0.25, 0.3) is 21.9 Å². The maximum Gasteiger partial charge on any atom is 0.347 e. The first kappa shape index (κ1) is 14.5. The van der Waals surface area contributed by atoms with E-state index in [1.165, 1.54) is 12.1 Å². The monoisotopic (exact) mass is 302 g/mol. The van der Waals surface area contributed by atoms with Gasteiger partial charge in [-0.2, -0.15) is 0 Å². The summed E-state index contributed by atoms with van der Waals surface area (Å²) in [7, 11) is 0. The van der Waals surface area contributed by atoms with Gasteiger partial charge >= 0.3 is 5.63 Å². The SMILES string of the molecule is CCCCCCc1cc2oc3cc(O)c(O)cc3c2c(=O)o1. The zero-order valence-electron chi connectivity index (χ0n) is 12.4. The van der Waals surface area contributed by atoms with Crippen LogP contribution in [0.3, 0.4) is 0 Å². The summed E-state index contributed by atoms with van der Waals surface area (Å²) in [5.74, 6) is 0.0232. The fraction of sp³-hybridized carbons (Fsp3) is 0.353. The first-order chi connectivity index (χ1) is 10.6. The van der Waals surface area contributed by atoms with Gasteiger partial charge in [-0.25, -0.2) is 4.79 Å². The molecule has 0 aliphatic carbocycles. The van der Waals surface area contributed by atoms with Gasteiger partial charge < -0.3 is 19.0 Å². The molecular weight excluding hydrogens is 284 g/mol. The number of hydrogen-bond acceptors (Lipinski definition) is 5. The van der Waals surface area contributed by atoms with Crippen LogP contribution in [0, 0.1) is 0 Å². The van der Waals surface area contributed by atoms with E-state index >= 15 is 0 Å². The summed E-state index contributed by atoms with van der Waals surface area (Å²) < 4.78 is 11.0. The van der Waals surface area contributed by atoms with Gasteiger partial charge in [-0.15, -0.1) is 0 Å². The van der Waals surface area contributed by atoms with Crippen molar-refractivity contribution in [2.75, 3.05) is 0 Å². The standard InChI is InChI=1S/C17H18O5/c1-2-3-4-5-6-10-7-15-16(17(20)21-10)11-8-12(18)13(19)9-14(11)22-15/h7-9,18-19H,2-6H2,1H3. The Labute approximate surface area is 126 Å². The Bertz CT molecular complexity index is 872. The van der Waals surface area contributed by atoms with Crippen LogP contribution in [0.5, 0.6) is 11.5 Å². The van der Waals surface area contributed by atoms with E-state index < -0.39 is 5.63 Å². The van der Waals surface area contributed by atoms with E-state index in [9.17, 15) is 15.0 Å². The number of phenols is 2. The number of aryl methyl sites for hydroxylation is 1. The maximum atomic E-state index is 12.2. The molecule has 0 saturated carbocycles. The molecule has 5 heteroatoms. The number of phenolic OH excluding ortho intramolecular Hbond substituents is 2. The highest BCUT2D eigenvalue weighted by Crippen LogP contribution is 2.35. The number of rotatable bonds is 5. The van der Waals surface area contributed by atoms with Gasteiger partial charge in [0.2, 0.25) is 0 Å². The van der Waals surface area contributed by atoms with Gasteiger partial charge in [-0.3, -0.25) is 0 Å². The summed E-state index contributed by atoms with van der Waals surface area (Å²) in [6, 6.07) is 4.33. The molecule has 0 saturated heterocycles. The molecule has 2 aromatic heterocycles. The van der Waals surface area contributed by atoms with Crippen LogP contribution < -0.4 is 5.63 Å². The maximum absolute atomic E-state index is 12.2. The Kier molecular flexibility index (Phi) is 3.79. The minimum absolute atomic E-state index is 0.282. The molecule has 116 valence electrons. The van der Waals surface area contributed by atoms with Crippen molar-refractivity contribution in [1.29, 1.82) is 0 Å². The summed E-state index contributed by atoms with van der Waals surface area (Å²) in [5, 5.41) is 19.8. The number of furan rings is 1. The first-order valence-corrected chi connectivity index (χ1v) is 7.51. The average molecular weight is 302 g/mol. The van der Waals surface area contributed by atoms with Crippen molar-refractivity contribution in [3.8, 4) is 11.5 Å². The van der Waals surface area contributed by atoms with Crippen LogP contribution in [-0.4, -0.2) is 10.2 Å². The van der Waals surface area contributed by atoms with Crippen molar-refractivity contribution in [2.45, 2.75) is 39.0 Å². The summed E-state index contributed by atoms with van der Waals surface area (Å²) in [4.78, 5) is 12.2. The molecule has 5 nitrogen and oxygen atoms in total. The molecule has 0 aliphatic heterocycles. The smallest absolute Gasteiger partial charge is 0.347 e. The fourth-order valence-electron chi connectivity index (χ4n) is 2.65. The first-order valence-electron chi connectivity index (χ1n) is 7.51. The summed E-state index contributed by atoms with van der Waals surface area (Å²) >= 11 is 0. The molecule has 0 spiro atoms. The van der Waals surface area contributed by atoms with E-state index in [2.05, 4.69) is 6.92 Å². The van der Waals surface area contributed by atoms with Crippen LogP contribution in [0.1, 0.15) is 38.4 Å². The third kappa shape index (κ3) is 2.54. The lowest BCUT2D eigenvalue weighted by Gasteiger charge is -1.99. The van der Waals surface area contributed by atoms with E-state index in [1.807, 2.05) is 0 Å². The van der Waals surface area contributed by atoms with Gasteiger partial charge in [0.05, 0.1) is 0 Å². The highest BCUT2D eigenvalue weighted by Gasteiger charge is 2.16. The van der Waals surface area contributed by atoms with Crippen LogP contribution >= 0.6 is 0 Å². The van der Waals surface area contributed by atoms with Crippen molar-refractivity contribution in [2.24, 2.45) is 0 Å². The zero-order valence-corrected chi connectivity index (χ0v) is 12.4. The van der Waals surface area contributed by atoms with Crippen LogP contribution in [-0.2, 0) is 6.42 Å². The highest BCUT2D eigenvalue weighted by atomic mass is 16.4. The Balaban J connectivity index is 2.03. The van der Waals surface area contributed by atoms with Gasteiger partial charge in [0.25, 0.3) is 0 Å². The molecule has 0 amide bonds. The van der Waals surface area contributed by atoms with Crippen molar-refractivity contribution >= 4 is 21.9 Å². The summed E-state index contributed by atoms with van der Waals surface area (Å²) in [6.45, 7) is 2.14. The Hall–Kier alpha value is -2.43. The number of benzene rings is 1. The molecule has 0 aliphatic rings. The largest absolute Gasteiger partial charge is 0.504 e. The van der Waals surface area contributed by atoms with E-state index in [0.29, 0.717) is 34.1 Å². The van der Waals surface area contributed by atoms with Crippen molar-refractivity contribution < 1.29 is 19.0 Å². The van der Waals surface area contributed by atoms with Gasteiger partial charge in [-0.05, 0) is 12.5 Å². The van der Waals surface area contributed by atoms with Crippen LogP contribution in [0.4, 0.5) is 0 Å². The van der Waals surface area contributed by atoms with Gasteiger partial charge in [-0.1, -0.05) is 26.2 Å². The molecule has 0 radical (unpaired) electrons. The highest BCUT2D eigenvalue weighted by molar-refractivity contribution is 6.05. The second kappa shape index (κ2) is 5.75. The minimum Gasteiger partial charge on any atom is -0.504 e. The van der Waals surface area contributed by atoms with E-state index in [-0.39, 0.29) is 11.5 Å². The predicted molar refractivity (Wildman–Crippen MR) is 83.4 cm³/mol. The van der Waals surface area contributed by atoms with Gasteiger partial charge in [0.15, 0.2) is 11.5 Å². The third-order valence-corrected chi connectivity index (χ3v) is 3.81. The number of unbranched alkanes of at least 4 members (excludes halogenated alkanes) is 3. The van der Waals surface area contributed by atoms with Gasteiger partial charge in [0.1, 0.15) is 22.3 Å². The third-order valence-electron chi connectivity index (χ3n) is 3.81. The van der Waals surface area contributed by atoms with Crippen molar-refractivity contribution in [3.63, 3.8) is 0 Å². The average Bonchev–Trinajstić information content (AvgIpc) is 2.82. The topological polar surface area (TPSA) is 83.8 Å². The predicted octanol–water partition coefficient (Wildman–Crippen LogP) is 4.07. The Morgan fingerprint density at radius 3 is 2.50 bits per heavy atom. The van der Waals surface area contributed by atoms with Crippen LogP contribution in [0.2, 0.25) is 0 Å². The second-order valence-corrected chi connectivity index (χ2v) is 5.49. The molecule has 0 fully saturated rings. The Morgan fingerprint density at radius 1 is 0.955 bits per heavy atom. The molecule has 2 heterocycles. The fourth-order valence-corrected chi connectivity index (χ4v) is 2.65. The molecule has 0 unspecified atom stereocenters. The summed E-state index contributed by atoms with van der Waals surface area (Å²) in [6.07, 6.45) is 5.07. The van der Waals surface area contributed by atoms with Gasteiger partial charge in [0, 0.05) is 23.9 Å². The van der Waals surface area contributed by atoms with E-state index in [1.54, 1.807) is 6.07 Å². The molecule has 1 aromatic carbocycles. The number of fused-ring (bicyclic) bond motifs is 3. The molecule has 3 aromatic rings. The normalized spacial score (nSPS) is 11.5. The quantitative estimate of drug-likeness (QED) is 0.548. The Morgan fingerprint density at radius 2 is 1.73 bits per heavy atom. The number of aromatic hydroxyl groups is 2. The van der Waals surface area contributed by atoms with E-state index in [0.717, 1.165) is 25.7 Å². The number of hydrogen-bond donors (Lipinski definition) is 2. The van der Waals surface area contributed by atoms with E-state index in [4.69, 9.17) is 8.83 Å². The minimum atomic E-state index is -0.480. The lowest BCUT2D eigenvalue weighted by atomic mass is 10.1. The molecule has 0 atom stereocenters. The molecule has 3 rings (SSSR count). The lowest BCUT2D eigenvalue weighted by Crippen LogP contribution is -2.01.